The van der Waals surface area contributed by atoms with Gasteiger partial charge in [0.15, 0.2) is 0 Å². The van der Waals surface area contributed by atoms with Crippen LogP contribution in [0, 0.1) is 23.2 Å². The molecular formula is C43H52N4O9S. The molecule has 2 aromatic carbocycles. The zero-order valence-corrected chi connectivity index (χ0v) is 33.7. The molecule has 1 saturated heterocycles. The average molecular weight is 801 g/mol. The molecule has 0 spiro atoms. The number of benzene rings is 2. The molecule has 14 heteroatoms. The molecular weight excluding hydrogens is 749 g/mol. The first-order chi connectivity index (χ1) is 27.1. The van der Waals surface area contributed by atoms with Gasteiger partial charge in [-0.15, -0.1) is 0 Å². The number of nitrogens with zero attached hydrogens (tertiary/aromatic N) is 2. The molecule has 13 nitrogen and oxygen atoms in total. The first kappa shape index (κ1) is 40.2. The molecule has 3 amide bonds. The van der Waals surface area contributed by atoms with Gasteiger partial charge in [-0.05, 0) is 56.1 Å². The molecule has 3 aromatic rings. The highest BCUT2D eigenvalue weighted by Gasteiger charge is 2.62. The third kappa shape index (κ3) is 8.51. The number of sulfonamides is 1. The maximum absolute atomic E-state index is 14.9. The Hall–Kier alpha value is -4.98. The number of ether oxygens (including phenoxy) is 2. The largest absolute Gasteiger partial charge is 0.497 e. The lowest BCUT2D eigenvalue weighted by Crippen LogP contribution is -2.57. The van der Waals surface area contributed by atoms with Gasteiger partial charge in [-0.1, -0.05) is 76.1 Å². The molecule has 3 heterocycles. The molecule has 7 rings (SSSR count). The maximum atomic E-state index is 14.9. The number of nitrogens with one attached hydrogen (secondary N) is 2. The lowest BCUT2D eigenvalue weighted by atomic mass is 9.71. The minimum Gasteiger partial charge on any atom is -0.497 e. The van der Waals surface area contributed by atoms with Gasteiger partial charge in [-0.2, -0.15) is 0 Å². The van der Waals surface area contributed by atoms with Crippen molar-refractivity contribution in [2.24, 2.45) is 23.2 Å². The molecule has 2 saturated carbocycles. The van der Waals surface area contributed by atoms with E-state index in [0.29, 0.717) is 60.2 Å². The van der Waals surface area contributed by atoms with Crippen molar-refractivity contribution in [1.82, 2.24) is 19.9 Å². The SMILES string of the molecule is COc1ccc2c(O[C@@H]3C[C@H]4C(=O)N[C@]5(C(=O)NS(=O)(=O)C6CC6)C[C@H]5/C=C\CCCCC[C@H](C(C(=O)O)C(C)(C)C)C(=O)N4C3)cc(-c3ccccc3)nc2c1. The summed E-state index contributed by atoms with van der Waals surface area (Å²) in [5.41, 5.74) is -0.200. The highest BCUT2D eigenvalue weighted by Crippen LogP contribution is 2.47. The van der Waals surface area contributed by atoms with Crippen LogP contribution in [0.1, 0.15) is 78.6 Å². The predicted octanol–water partition coefficient (Wildman–Crippen LogP) is 5.63. The van der Waals surface area contributed by atoms with Crippen LogP contribution in [0.25, 0.3) is 22.2 Å². The summed E-state index contributed by atoms with van der Waals surface area (Å²) in [6.45, 7) is 5.39. The van der Waals surface area contributed by atoms with E-state index in [1.165, 1.54) is 4.90 Å². The van der Waals surface area contributed by atoms with Gasteiger partial charge in [0.25, 0.3) is 5.91 Å². The molecule has 304 valence electrons. The fraction of sp³-hybridized carbons (Fsp3) is 0.512. The Morgan fingerprint density at radius 2 is 1.79 bits per heavy atom. The first-order valence-corrected chi connectivity index (χ1v) is 21.4. The summed E-state index contributed by atoms with van der Waals surface area (Å²) in [6, 6.07) is 15.7. The molecule has 0 radical (unpaired) electrons. The molecule has 57 heavy (non-hydrogen) atoms. The van der Waals surface area contributed by atoms with E-state index in [4.69, 9.17) is 14.5 Å². The van der Waals surface area contributed by atoms with E-state index in [1.54, 1.807) is 33.9 Å². The second-order valence-electron chi connectivity index (χ2n) is 17.0. The number of rotatable bonds is 9. The summed E-state index contributed by atoms with van der Waals surface area (Å²) in [5, 5.41) is 13.5. The Balaban J connectivity index is 1.26. The summed E-state index contributed by atoms with van der Waals surface area (Å²) < 4.78 is 40.3. The normalized spacial score (nSPS) is 26.8. The number of fused-ring (bicyclic) bond motifs is 3. The average Bonchev–Trinajstić information content (AvgIpc) is 4.09. The van der Waals surface area contributed by atoms with Gasteiger partial charge in [-0.25, -0.2) is 13.4 Å². The standard InChI is InChI=1S/C43H52N4O9S/c1-42(2,3)37(40(50)51)32-16-12-7-5-6-11-15-27-24-43(27,41(52)46-57(53,54)30-18-19-30)45-38(48)35-22-29(25-47(35)39(32)49)56-36-23-33(26-13-9-8-10-14-26)44-34-21-28(55-4)17-20-31(34)36/h8-11,13-15,17,20-21,23,27,29-30,32,35,37H,5-7,12,16,18-19,22,24-25H2,1-4H3,(H,45,48)(H,46,52)(H,50,51)/b15-11-/t27-,29-,32-,35+,37?,43-/m1/s1. The number of hydrogen-bond donors (Lipinski definition) is 3. The first-order valence-electron chi connectivity index (χ1n) is 19.9. The molecule has 0 bridgehead atoms. The van der Waals surface area contributed by atoms with Crippen LogP contribution in [-0.2, 0) is 29.2 Å². The summed E-state index contributed by atoms with van der Waals surface area (Å²) >= 11 is 0. The van der Waals surface area contributed by atoms with Crippen molar-refractivity contribution in [1.29, 1.82) is 0 Å². The third-order valence-corrected chi connectivity index (χ3v) is 13.6. The van der Waals surface area contributed by atoms with Crippen LogP contribution in [0.15, 0.2) is 66.7 Å². The number of methoxy groups -OCH3 is 1. The molecule has 1 aromatic heterocycles. The van der Waals surface area contributed by atoms with E-state index in [9.17, 15) is 32.7 Å². The monoisotopic (exact) mass is 800 g/mol. The second-order valence-corrected chi connectivity index (χ2v) is 19.0. The van der Waals surface area contributed by atoms with Gasteiger partial charge in [0.05, 0.1) is 42.0 Å². The Morgan fingerprint density at radius 3 is 2.47 bits per heavy atom. The van der Waals surface area contributed by atoms with Crippen molar-refractivity contribution < 1.29 is 42.2 Å². The number of aromatic nitrogens is 1. The number of hydrogen-bond acceptors (Lipinski definition) is 9. The second kappa shape index (κ2) is 15.8. The fourth-order valence-electron chi connectivity index (χ4n) is 8.53. The molecule has 1 unspecified atom stereocenters. The Morgan fingerprint density at radius 1 is 1.04 bits per heavy atom. The van der Waals surface area contributed by atoms with Crippen LogP contribution in [0.4, 0.5) is 0 Å². The van der Waals surface area contributed by atoms with Crippen LogP contribution in [0.2, 0.25) is 0 Å². The van der Waals surface area contributed by atoms with Crippen LogP contribution < -0.4 is 19.5 Å². The smallest absolute Gasteiger partial charge is 0.307 e. The van der Waals surface area contributed by atoms with Crippen molar-refractivity contribution in [3.8, 4) is 22.8 Å². The van der Waals surface area contributed by atoms with E-state index in [0.717, 1.165) is 18.4 Å². The molecule has 4 aliphatic rings. The minimum absolute atomic E-state index is 0.0247. The van der Waals surface area contributed by atoms with E-state index < -0.39 is 79.8 Å². The van der Waals surface area contributed by atoms with E-state index in [1.807, 2.05) is 60.7 Å². The molecule has 2 aliphatic heterocycles. The van der Waals surface area contributed by atoms with Crippen molar-refractivity contribution in [2.45, 2.75) is 101 Å². The van der Waals surface area contributed by atoms with Crippen LogP contribution in [-0.4, -0.2) is 83.7 Å². The van der Waals surface area contributed by atoms with Gasteiger partial charge in [0.1, 0.15) is 29.2 Å². The number of carboxylic acid groups (broad SMARTS) is 1. The number of aliphatic carboxylic acids is 1. The van der Waals surface area contributed by atoms with Gasteiger partial charge >= 0.3 is 5.97 Å². The summed E-state index contributed by atoms with van der Waals surface area (Å²) in [7, 11) is -2.34. The number of carbonyl (C=O) groups excluding carboxylic acids is 3. The highest BCUT2D eigenvalue weighted by molar-refractivity contribution is 7.91. The highest BCUT2D eigenvalue weighted by atomic mass is 32.2. The molecule has 2 aliphatic carbocycles. The topological polar surface area (TPSA) is 181 Å². The predicted molar refractivity (Wildman–Crippen MR) is 214 cm³/mol. The Kier molecular flexibility index (Phi) is 11.1. The van der Waals surface area contributed by atoms with Crippen LogP contribution >= 0.6 is 0 Å². The van der Waals surface area contributed by atoms with Gasteiger partial charge in [-0.3, -0.25) is 23.9 Å². The Labute approximate surface area is 333 Å². The molecule has 3 N–H and O–H groups in total. The number of carbonyl (C=O) groups is 4. The zero-order valence-electron chi connectivity index (χ0n) is 32.9. The van der Waals surface area contributed by atoms with E-state index in [2.05, 4.69) is 10.0 Å². The van der Waals surface area contributed by atoms with Gasteiger partial charge < -0.3 is 24.8 Å². The van der Waals surface area contributed by atoms with Gasteiger partial charge in [0.2, 0.25) is 21.8 Å². The number of amides is 3. The number of allylic oxidation sites excluding steroid dienone is 1. The Bertz CT molecular complexity index is 2180. The quantitative estimate of drug-likeness (QED) is 0.230. The maximum Gasteiger partial charge on any atom is 0.307 e. The minimum atomic E-state index is -3.91. The number of pyridine rings is 1. The number of carboxylic acids is 1. The van der Waals surface area contributed by atoms with Crippen molar-refractivity contribution in [2.75, 3.05) is 13.7 Å². The van der Waals surface area contributed by atoms with Crippen molar-refractivity contribution >= 4 is 44.6 Å². The summed E-state index contributed by atoms with van der Waals surface area (Å²) in [4.78, 5) is 62.6. The molecule has 3 fully saturated rings. The van der Waals surface area contributed by atoms with Crippen LogP contribution in [0.3, 0.4) is 0 Å². The summed E-state index contributed by atoms with van der Waals surface area (Å²) in [5.74, 6) is -4.33. The van der Waals surface area contributed by atoms with E-state index >= 15 is 0 Å². The van der Waals surface area contributed by atoms with Crippen LogP contribution in [0.5, 0.6) is 11.5 Å². The zero-order chi connectivity index (χ0) is 40.7. The third-order valence-electron chi connectivity index (χ3n) is 11.8. The fourth-order valence-corrected chi connectivity index (χ4v) is 9.90. The molecule has 6 atom stereocenters. The van der Waals surface area contributed by atoms with Crippen molar-refractivity contribution in [3.05, 3.63) is 66.7 Å². The summed E-state index contributed by atoms with van der Waals surface area (Å²) in [6.07, 6.45) is 7.39. The van der Waals surface area contributed by atoms with E-state index in [-0.39, 0.29) is 19.4 Å². The lowest BCUT2D eigenvalue weighted by molar-refractivity contribution is -0.157. The van der Waals surface area contributed by atoms with Crippen molar-refractivity contribution in [3.63, 3.8) is 0 Å². The lowest BCUT2D eigenvalue weighted by Gasteiger charge is -2.36. The van der Waals surface area contributed by atoms with Gasteiger partial charge in [0, 0.05) is 35.4 Å².